The number of aliphatic hydroxyl groups is 1. The van der Waals surface area contributed by atoms with Gasteiger partial charge in [-0.05, 0) is 56.4 Å². The lowest BCUT2D eigenvalue weighted by Crippen LogP contribution is -2.59. The summed E-state index contributed by atoms with van der Waals surface area (Å²) in [5, 5.41) is 13.8. The van der Waals surface area contributed by atoms with E-state index in [1.165, 1.54) is 0 Å². The topological polar surface area (TPSA) is 98.7 Å². The van der Waals surface area contributed by atoms with Crippen molar-refractivity contribution in [2.75, 3.05) is 13.1 Å². The third kappa shape index (κ3) is 4.28. The Morgan fingerprint density at radius 2 is 1.97 bits per heavy atom. The van der Waals surface area contributed by atoms with Crippen LogP contribution in [0.2, 0.25) is 0 Å². The molecule has 3 saturated carbocycles. The molecule has 1 saturated heterocycles. The lowest BCUT2D eigenvalue weighted by atomic mass is 9.66. The molecule has 3 aliphatic carbocycles. The van der Waals surface area contributed by atoms with Gasteiger partial charge in [-0.15, -0.1) is 0 Å². The molecule has 29 heavy (non-hydrogen) atoms. The van der Waals surface area contributed by atoms with E-state index >= 15 is 4.39 Å². The molecule has 6 atom stereocenters. The van der Waals surface area contributed by atoms with Crippen molar-refractivity contribution in [1.29, 1.82) is 0 Å². The molecule has 0 aromatic carbocycles. The number of carbonyl (C=O) groups is 1. The van der Waals surface area contributed by atoms with E-state index in [9.17, 15) is 27.1 Å². The van der Waals surface area contributed by atoms with E-state index in [0.29, 0.717) is 25.8 Å². The Morgan fingerprint density at radius 3 is 2.59 bits per heavy atom. The van der Waals surface area contributed by atoms with Gasteiger partial charge >= 0.3 is 10.2 Å². The second kappa shape index (κ2) is 7.65. The molecule has 0 aromatic heterocycles. The summed E-state index contributed by atoms with van der Waals surface area (Å²) in [7, 11) is -4.13. The average molecular weight is 440 g/mol. The van der Waals surface area contributed by atoms with Crippen molar-refractivity contribution in [3.63, 3.8) is 0 Å². The first-order valence-corrected chi connectivity index (χ1v) is 11.8. The lowest BCUT2D eigenvalue weighted by Gasteiger charge is -2.48. The van der Waals surface area contributed by atoms with E-state index in [1.807, 2.05) is 4.72 Å². The highest BCUT2D eigenvalue weighted by Crippen LogP contribution is 2.45. The second-order valence-electron chi connectivity index (χ2n) is 9.12. The summed E-state index contributed by atoms with van der Waals surface area (Å²) < 4.78 is 68.1. The van der Waals surface area contributed by atoms with Gasteiger partial charge in [0.25, 0.3) is 0 Å². The number of alkyl halides is 3. The minimum Gasteiger partial charge on any atom is -0.391 e. The fraction of sp³-hybridized carbons (Fsp3) is 0.944. The fourth-order valence-corrected chi connectivity index (χ4v) is 6.94. The third-order valence-corrected chi connectivity index (χ3v) is 8.54. The predicted octanol–water partition coefficient (Wildman–Crippen LogP) is 0.944. The Labute approximate surface area is 168 Å². The molecule has 7 nitrogen and oxygen atoms in total. The molecule has 0 spiro atoms. The van der Waals surface area contributed by atoms with Crippen LogP contribution >= 0.6 is 0 Å². The van der Waals surface area contributed by atoms with Crippen LogP contribution in [0.4, 0.5) is 13.2 Å². The van der Waals surface area contributed by atoms with Crippen molar-refractivity contribution in [3.8, 4) is 0 Å². The van der Waals surface area contributed by atoms with E-state index in [0.717, 1.165) is 17.1 Å². The summed E-state index contributed by atoms with van der Waals surface area (Å²) >= 11 is 0. The van der Waals surface area contributed by atoms with Crippen molar-refractivity contribution in [2.45, 2.75) is 75.2 Å². The smallest absolute Gasteiger partial charge is 0.304 e. The number of aliphatic hydroxyl groups excluding tert-OH is 1. The van der Waals surface area contributed by atoms with E-state index in [-0.39, 0.29) is 30.7 Å². The summed E-state index contributed by atoms with van der Waals surface area (Å²) in [6.45, 7) is 0.125. The number of rotatable bonds is 5. The van der Waals surface area contributed by atoms with E-state index < -0.39 is 52.8 Å². The first-order valence-electron chi connectivity index (χ1n) is 10.3. The van der Waals surface area contributed by atoms with E-state index in [4.69, 9.17) is 0 Å². The van der Waals surface area contributed by atoms with Crippen LogP contribution in [0.3, 0.4) is 0 Å². The second-order valence-corrected chi connectivity index (χ2v) is 10.7. The Balaban J connectivity index is 1.35. The van der Waals surface area contributed by atoms with Crippen molar-refractivity contribution in [3.05, 3.63) is 0 Å². The van der Waals surface area contributed by atoms with Gasteiger partial charge in [0, 0.05) is 18.9 Å². The van der Waals surface area contributed by atoms with Crippen LogP contribution < -0.4 is 10.0 Å². The van der Waals surface area contributed by atoms with Crippen LogP contribution in [0.15, 0.2) is 0 Å². The van der Waals surface area contributed by atoms with Gasteiger partial charge in [-0.1, -0.05) is 0 Å². The number of nitrogens with zero attached hydrogens (tertiary/aromatic N) is 1. The number of hydrogen-bond donors (Lipinski definition) is 3. The average Bonchev–Trinajstić information content (AvgIpc) is 2.86. The van der Waals surface area contributed by atoms with Gasteiger partial charge < -0.3 is 10.4 Å². The Kier molecular flexibility index (Phi) is 5.63. The van der Waals surface area contributed by atoms with Crippen LogP contribution in [-0.4, -0.2) is 67.1 Å². The summed E-state index contributed by atoms with van der Waals surface area (Å²) in [6, 6.07) is -1.22. The molecule has 1 aliphatic heterocycles. The molecule has 4 aliphatic rings. The largest absolute Gasteiger partial charge is 0.391 e. The lowest BCUT2D eigenvalue weighted by molar-refractivity contribution is -0.120. The van der Waals surface area contributed by atoms with Crippen molar-refractivity contribution in [1.82, 2.24) is 14.3 Å². The molecule has 166 valence electrons. The highest BCUT2D eigenvalue weighted by atomic mass is 32.2. The minimum atomic E-state index is -4.13. The molecule has 4 fully saturated rings. The SMILES string of the molecule is O=C1CN(C2C(O)CC3CC[C@@H](NCCC4CC(F)(F)C4)CC3C2F)S(=O)(=O)N1. The molecular weight excluding hydrogens is 411 g/mol. The maximum absolute atomic E-state index is 15.4. The maximum atomic E-state index is 15.4. The molecule has 1 amide bonds. The van der Waals surface area contributed by atoms with Crippen LogP contribution in [0.1, 0.15) is 44.9 Å². The molecule has 3 N–H and O–H groups in total. The summed E-state index contributed by atoms with van der Waals surface area (Å²) in [6.07, 6.45) is 0.164. The molecule has 1 heterocycles. The number of amides is 1. The van der Waals surface area contributed by atoms with Crippen LogP contribution in [0, 0.1) is 17.8 Å². The quantitative estimate of drug-likeness (QED) is 0.592. The maximum Gasteiger partial charge on any atom is 0.304 e. The van der Waals surface area contributed by atoms with Gasteiger partial charge in [-0.2, -0.15) is 12.7 Å². The van der Waals surface area contributed by atoms with Crippen LogP contribution in [0.25, 0.3) is 0 Å². The highest BCUT2D eigenvalue weighted by Gasteiger charge is 2.53. The fourth-order valence-electron chi connectivity index (χ4n) is 5.61. The van der Waals surface area contributed by atoms with Crippen LogP contribution in [-0.2, 0) is 15.0 Å². The van der Waals surface area contributed by atoms with Gasteiger partial charge in [0.1, 0.15) is 6.17 Å². The minimum absolute atomic E-state index is 0.0300. The van der Waals surface area contributed by atoms with E-state index in [2.05, 4.69) is 5.32 Å². The first kappa shape index (κ1) is 21.3. The standard InChI is InChI=1S/C18H28F3N3O4S/c19-16-13-6-12(22-4-3-10-7-18(20,21)8-10)2-1-11(13)5-14(25)17(16)24-9-15(26)23-29(24,27)28/h10-14,16-17,22,25H,1-9H2,(H,23,26)/t11?,12-,13?,14?,16?,17?/m1/s1. The Morgan fingerprint density at radius 1 is 1.24 bits per heavy atom. The Bertz CT molecular complexity index is 745. The van der Waals surface area contributed by atoms with Crippen molar-refractivity contribution in [2.24, 2.45) is 17.8 Å². The van der Waals surface area contributed by atoms with Gasteiger partial charge in [0.2, 0.25) is 11.8 Å². The zero-order valence-electron chi connectivity index (χ0n) is 16.1. The summed E-state index contributed by atoms with van der Waals surface area (Å²) in [5.74, 6) is -3.66. The molecule has 4 rings (SSSR count). The third-order valence-electron chi connectivity index (χ3n) is 7.07. The zero-order valence-corrected chi connectivity index (χ0v) is 16.9. The molecule has 5 unspecified atom stereocenters. The monoisotopic (exact) mass is 439 g/mol. The van der Waals surface area contributed by atoms with Gasteiger partial charge in [0.05, 0.1) is 18.7 Å². The van der Waals surface area contributed by atoms with Gasteiger partial charge in [0.15, 0.2) is 0 Å². The predicted molar refractivity (Wildman–Crippen MR) is 98.0 cm³/mol. The summed E-state index contributed by atoms with van der Waals surface area (Å²) in [5.41, 5.74) is 0. The first-order chi connectivity index (χ1) is 13.6. The van der Waals surface area contributed by atoms with Gasteiger partial charge in [-0.25, -0.2) is 17.9 Å². The number of carbonyl (C=O) groups excluding carboxylic acids is 1. The van der Waals surface area contributed by atoms with Crippen molar-refractivity contribution < 1.29 is 31.5 Å². The number of nitrogens with one attached hydrogen (secondary N) is 2. The Hall–Kier alpha value is -0.910. The zero-order chi connectivity index (χ0) is 21.0. The number of fused-ring (bicyclic) bond motifs is 1. The number of hydrogen-bond acceptors (Lipinski definition) is 5. The highest BCUT2D eigenvalue weighted by molar-refractivity contribution is 7.88. The summed E-state index contributed by atoms with van der Waals surface area (Å²) in [4.78, 5) is 11.5. The normalized spacial score (nSPS) is 42.1. The molecule has 11 heteroatoms. The van der Waals surface area contributed by atoms with E-state index in [1.54, 1.807) is 0 Å². The molecule has 0 radical (unpaired) electrons. The number of halogens is 3. The van der Waals surface area contributed by atoms with Crippen molar-refractivity contribution >= 4 is 16.1 Å². The molecule has 0 bridgehead atoms. The van der Waals surface area contributed by atoms with Crippen LogP contribution in [0.5, 0.6) is 0 Å². The molecular formula is C18H28F3N3O4S. The molecule has 0 aromatic rings. The van der Waals surface area contributed by atoms with Gasteiger partial charge in [-0.3, -0.25) is 4.79 Å².